The van der Waals surface area contributed by atoms with Gasteiger partial charge in [0, 0.05) is 17.2 Å². The van der Waals surface area contributed by atoms with Crippen LogP contribution in [-0.2, 0) is 24.5 Å². The second-order valence-electron chi connectivity index (χ2n) is 6.61. The fourth-order valence-electron chi connectivity index (χ4n) is 4.04. The predicted molar refractivity (Wildman–Crippen MR) is 97.7 cm³/mol. The number of rotatable bonds is 4. The lowest BCUT2D eigenvalue weighted by atomic mass is 9.91. The number of halogens is 1. The molecule has 1 saturated carbocycles. The molecule has 1 aliphatic carbocycles. The molecule has 2 aliphatic rings. The molecule has 28 heavy (non-hydrogen) atoms. The highest BCUT2D eigenvalue weighted by molar-refractivity contribution is 6.32. The van der Waals surface area contributed by atoms with Crippen LogP contribution in [0, 0.1) is 22.0 Å². The summed E-state index contributed by atoms with van der Waals surface area (Å²) < 4.78 is 4.80. The van der Waals surface area contributed by atoms with Crippen molar-refractivity contribution < 1.29 is 24.0 Å². The summed E-state index contributed by atoms with van der Waals surface area (Å²) in [6, 6.07) is 11.5. The van der Waals surface area contributed by atoms with Gasteiger partial charge in [0.2, 0.25) is 11.8 Å². The summed E-state index contributed by atoms with van der Waals surface area (Å²) in [6.45, 7) is 0. The van der Waals surface area contributed by atoms with E-state index in [1.165, 1.54) is 31.4 Å². The summed E-state index contributed by atoms with van der Waals surface area (Å²) in [4.78, 5) is 49.8. The number of carbonyl (C=O) groups excluding carboxylic acids is 3. The lowest BCUT2D eigenvalue weighted by Gasteiger charge is -2.22. The zero-order chi connectivity index (χ0) is 20.2. The van der Waals surface area contributed by atoms with Crippen molar-refractivity contribution in [3.63, 3.8) is 0 Å². The average Bonchev–Trinajstić information content (AvgIpc) is 3.33. The Kier molecular flexibility index (Phi) is 3.97. The van der Waals surface area contributed by atoms with Crippen molar-refractivity contribution in [3.8, 4) is 0 Å². The quantitative estimate of drug-likeness (QED) is 0.338. The Morgan fingerprint density at radius 1 is 1.14 bits per heavy atom. The molecular weight excluding hydrogens is 388 g/mol. The number of hydrogen-bond donors (Lipinski definition) is 0. The third-order valence-electron chi connectivity index (χ3n) is 5.34. The van der Waals surface area contributed by atoms with Crippen molar-refractivity contribution in [2.75, 3.05) is 12.0 Å². The van der Waals surface area contributed by atoms with Crippen LogP contribution in [0.3, 0.4) is 0 Å². The van der Waals surface area contributed by atoms with Gasteiger partial charge in [-0.1, -0.05) is 23.7 Å². The standard InChI is InChI=1S/C19H13ClN2O6/c1-28-17(24)15-14-16(23)21(12-6-8-13(9-7-12)22(26)27)18(25)19(14,15)10-2-4-11(20)5-3-10/h2-9,14-15H,1H3/t14-,15-,19-/m1/s1. The Morgan fingerprint density at radius 2 is 1.75 bits per heavy atom. The molecule has 0 N–H and O–H groups in total. The van der Waals surface area contributed by atoms with E-state index < -0.39 is 40.0 Å². The van der Waals surface area contributed by atoms with Crippen molar-refractivity contribution in [2.24, 2.45) is 11.8 Å². The molecule has 2 aromatic rings. The van der Waals surface area contributed by atoms with Crippen LogP contribution in [-0.4, -0.2) is 29.8 Å². The number of methoxy groups -OCH3 is 1. The number of anilines is 1. The van der Waals surface area contributed by atoms with Gasteiger partial charge in [0.1, 0.15) is 5.41 Å². The number of nitrogens with zero attached hydrogens (tertiary/aromatic N) is 2. The fraction of sp³-hybridized carbons (Fsp3) is 0.211. The first-order chi connectivity index (χ1) is 13.3. The van der Waals surface area contributed by atoms with Gasteiger partial charge in [-0.05, 0) is 29.8 Å². The van der Waals surface area contributed by atoms with E-state index in [4.69, 9.17) is 16.3 Å². The van der Waals surface area contributed by atoms with E-state index >= 15 is 0 Å². The normalized spacial score (nSPS) is 25.4. The molecule has 2 amide bonds. The number of piperidine rings is 1. The van der Waals surface area contributed by atoms with E-state index in [0.717, 1.165) is 4.90 Å². The maximum absolute atomic E-state index is 13.3. The van der Waals surface area contributed by atoms with Crippen LogP contribution in [0.4, 0.5) is 11.4 Å². The molecule has 2 fully saturated rings. The van der Waals surface area contributed by atoms with Gasteiger partial charge in [-0.3, -0.25) is 24.5 Å². The number of benzene rings is 2. The highest BCUT2D eigenvalue weighted by atomic mass is 35.5. The number of esters is 1. The summed E-state index contributed by atoms with van der Waals surface area (Å²) >= 11 is 5.92. The lowest BCUT2D eigenvalue weighted by Crippen LogP contribution is -2.40. The van der Waals surface area contributed by atoms with Crippen LogP contribution in [0.5, 0.6) is 0 Å². The highest BCUT2D eigenvalue weighted by Gasteiger charge is 2.83. The first kappa shape index (κ1) is 18.1. The summed E-state index contributed by atoms with van der Waals surface area (Å²) in [7, 11) is 1.20. The minimum Gasteiger partial charge on any atom is -0.469 e. The Morgan fingerprint density at radius 3 is 2.29 bits per heavy atom. The third-order valence-corrected chi connectivity index (χ3v) is 5.60. The smallest absolute Gasteiger partial charge is 0.310 e. The van der Waals surface area contributed by atoms with Crippen LogP contribution < -0.4 is 4.90 Å². The first-order valence-corrected chi connectivity index (χ1v) is 8.68. The van der Waals surface area contributed by atoms with Crippen LogP contribution in [0.15, 0.2) is 48.5 Å². The number of imide groups is 1. The van der Waals surface area contributed by atoms with Crippen molar-refractivity contribution >= 4 is 40.8 Å². The van der Waals surface area contributed by atoms with Crippen molar-refractivity contribution in [3.05, 3.63) is 69.2 Å². The highest BCUT2D eigenvalue weighted by Crippen LogP contribution is 2.66. The maximum Gasteiger partial charge on any atom is 0.310 e. The summed E-state index contributed by atoms with van der Waals surface area (Å²) in [5, 5.41) is 11.3. The zero-order valence-electron chi connectivity index (χ0n) is 14.5. The van der Waals surface area contributed by atoms with Gasteiger partial charge in [0.05, 0.1) is 29.6 Å². The number of non-ortho nitro benzene ring substituents is 1. The Balaban J connectivity index is 1.78. The second kappa shape index (κ2) is 6.13. The molecule has 0 unspecified atom stereocenters. The Labute approximate surface area is 163 Å². The minimum absolute atomic E-state index is 0.159. The Hall–Kier alpha value is -3.26. The molecule has 0 spiro atoms. The monoisotopic (exact) mass is 400 g/mol. The van der Waals surface area contributed by atoms with Gasteiger partial charge in [0.15, 0.2) is 0 Å². The molecule has 0 aromatic heterocycles. The van der Waals surface area contributed by atoms with Gasteiger partial charge < -0.3 is 4.74 Å². The SMILES string of the molecule is COC(=O)[C@H]1[C@@H]2C(=O)N(c3ccc([N+](=O)[O-])cc3)C(=O)[C@@]12c1ccc(Cl)cc1. The zero-order valence-corrected chi connectivity index (χ0v) is 15.3. The summed E-state index contributed by atoms with van der Waals surface area (Å²) in [5.41, 5.74) is -0.797. The van der Waals surface area contributed by atoms with Crippen molar-refractivity contribution in [1.82, 2.24) is 0 Å². The second-order valence-corrected chi connectivity index (χ2v) is 7.04. The molecule has 9 heteroatoms. The van der Waals surface area contributed by atoms with Crippen LogP contribution in [0.1, 0.15) is 5.56 Å². The Bertz CT molecular complexity index is 1020. The fourth-order valence-corrected chi connectivity index (χ4v) is 4.17. The van der Waals surface area contributed by atoms with Crippen molar-refractivity contribution in [2.45, 2.75) is 5.41 Å². The molecule has 1 saturated heterocycles. The van der Waals surface area contributed by atoms with Crippen LogP contribution in [0.2, 0.25) is 5.02 Å². The number of carbonyl (C=O) groups is 3. The first-order valence-electron chi connectivity index (χ1n) is 8.30. The summed E-state index contributed by atoms with van der Waals surface area (Å²) in [5.74, 6) is -3.53. The number of fused-ring (bicyclic) bond motifs is 1. The lowest BCUT2D eigenvalue weighted by molar-refractivity contribution is -0.384. The number of ether oxygens (including phenoxy) is 1. The van der Waals surface area contributed by atoms with Gasteiger partial charge in [-0.25, -0.2) is 4.90 Å². The van der Waals surface area contributed by atoms with Crippen LogP contribution in [0.25, 0.3) is 0 Å². The van der Waals surface area contributed by atoms with E-state index in [9.17, 15) is 24.5 Å². The van der Waals surface area contributed by atoms with E-state index in [2.05, 4.69) is 0 Å². The average molecular weight is 401 g/mol. The van der Waals surface area contributed by atoms with E-state index in [1.54, 1.807) is 24.3 Å². The minimum atomic E-state index is -1.35. The molecule has 0 radical (unpaired) electrons. The van der Waals surface area contributed by atoms with Gasteiger partial charge in [-0.15, -0.1) is 0 Å². The van der Waals surface area contributed by atoms with E-state index in [1.807, 2.05) is 0 Å². The van der Waals surface area contributed by atoms with Crippen molar-refractivity contribution in [1.29, 1.82) is 0 Å². The number of hydrogen-bond acceptors (Lipinski definition) is 6. The molecule has 1 heterocycles. The van der Waals surface area contributed by atoms with Gasteiger partial charge in [0.25, 0.3) is 5.69 Å². The molecule has 1 aliphatic heterocycles. The molecule has 4 rings (SSSR count). The molecule has 142 valence electrons. The number of amides is 2. The van der Waals surface area contributed by atoms with Gasteiger partial charge >= 0.3 is 5.97 Å². The molecule has 2 aromatic carbocycles. The topological polar surface area (TPSA) is 107 Å². The number of nitro groups is 1. The van der Waals surface area contributed by atoms with E-state index in [-0.39, 0.29) is 11.4 Å². The largest absolute Gasteiger partial charge is 0.469 e. The number of nitro benzene ring substituents is 1. The predicted octanol–water partition coefficient (Wildman–Crippen LogP) is 2.48. The maximum atomic E-state index is 13.3. The molecule has 8 nitrogen and oxygen atoms in total. The van der Waals surface area contributed by atoms with Gasteiger partial charge in [-0.2, -0.15) is 0 Å². The molecule has 3 atom stereocenters. The van der Waals surface area contributed by atoms with E-state index in [0.29, 0.717) is 10.6 Å². The molecule has 0 bridgehead atoms. The summed E-state index contributed by atoms with van der Waals surface area (Å²) in [6.07, 6.45) is 0. The third kappa shape index (κ3) is 2.27. The molecular formula is C19H13ClN2O6. The van der Waals surface area contributed by atoms with Crippen LogP contribution >= 0.6 is 11.6 Å².